The topological polar surface area (TPSA) is 26.0 Å². The Bertz CT molecular complexity index is 287. The Morgan fingerprint density at radius 2 is 1.88 bits per heavy atom. The molecule has 1 rings (SSSR count). The fourth-order valence-electron chi connectivity index (χ4n) is 1.49. The number of hydrogen-bond donors (Lipinski definition) is 1. The Labute approximate surface area is 129 Å². The summed E-state index contributed by atoms with van der Waals surface area (Å²) in [7, 11) is 0. The van der Waals surface area contributed by atoms with Gasteiger partial charge in [0.2, 0.25) is 0 Å². The molecule has 1 aromatic rings. The van der Waals surface area contributed by atoms with Crippen molar-refractivity contribution in [3.63, 3.8) is 0 Å². The van der Waals surface area contributed by atoms with E-state index in [1.165, 1.54) is 36.8 Å². The molecule has 0 atom stereocenters. The van der Waals surface area contributed by atoms with Crippen LogP contribution < -0.4 is 5.73 Å². The van der Waals surface area contributed by atoms with Crippen molar-refractivity contribution in [2.75, 3.05) is 0 Å². The van der Waals surface area contributed by atoms with Gasteiger partial charge in [-0.25, -0.2) is 0 Å². The van der Waals surface area contributed by atoms with Crippen molar-refractivity contribution in [3.8, 4) is 0 Å². The molecule has 2 N–H and O–H groups in total. The van der Waals surface area contributed by atoms with Crippen molar-refractivity contribution in [1.29, 1.82) is 0 Å². The molecule has 0 saturated heterocycles. The smallest absolute Gasteiger partial charge is 0.415 e. The monoisotopic (exact) mass is 317 g/mol. The van der Waals surface area contributed by atoms with Crippen LogP contribution >= 0.6 is 12.2 Å². The summed E-state index contributed by atoms with van der Waals surface area (Å²) in [6.45, 7) is 4.44. The number of thiocarbonyl (C=S) groups is 1. The molecule has 1 nitrogen and oxygen atoms in total. The molecule has 0 amide bonds. The minimum atomic E-state index is 0. The molecule has 4 heteroatoms. The predicted octanol–water partition coefficient (Wildman–Crippen LogP) is 3.17. The van der Waals surface area contributed by atoms with E-state index >= 15 is 0 Å². The third-order valence-electron chi connectivity index (χ3n) is 2.06. The fourth-order valence-corrected chi connectivity index (χ4v) is 1.49. The second-order valence-corrected chi connectivity index (χ2v) is 4.63. The normalized spacial score (nSPS) is 8.59. The summed E-state index contributed by atoms with van der Waals surface area (Å²) in [5.41, 5.74) is 7.56. The van der Waals surface area contributed by atoms with E-state index in [1.54, 1.807) is 0 Å². The zero-order valence-electron chi connectivity index (χ0n) is 10.7. The first-order chi connectivity index (χ1) is 7.61. The summed E-state index contributed by atoms with van der Waals surface area (Å²) in [6.07, 6.45) is 4.83. The first-order valence-electron chi connectivity index (χ1n) is 5.56. The maximum absolute atomic E-state index is 4.66. The standard InChI is InChI=1S/C12H17.CH3NS2.Zn/c1-3-7-11-9-5-6-10-12(11)8-4-2;2-1(3)4;/h5-6,9H,3-4,7-8H2,1-2H3;(H3,2,3,4);/q-1;;+2/p-1. The van der Waals surface area contributed by atoms with Gasteiger partial charge in [0.05, 0.1) is 0 Å². The van der Waals surface area contributed by atoms with Crippen LogP contribution in [0, 0.1) is 6.07 Å². The van der Waals surface area contributed by atoms with Gasteiger partial charge in [0.25, 0.3) is 0 Å². The van der Waals surface area contributed by atoms with Gasteiger partial charge in [-0.2, -0.15) is 35.4 Å². The summed E-state index contributed by atoms with van der Waals surface area (Å²) in [6, 6.07) is 9.66. The zero-order chi connectivity index (χ0) is 12.4. The molecule has 0 saturated carbocycles. The van der Waals surface area contributed by atoms with Crippen LogP contribution in [0.5, 0.6) is 0 Å². The van der Waals surface area contributed by atoms with Crippen LogP contribution in [0.15, 0.2) is 18.2 Å². The van der Waals surface area contributed by atoms with Gasteiger partial charge in [-0.3, -0.25) is 0 Å². The Morgan fingerprint density at radius 3 is 2.35 bits per heavy atom. The van der Waals surface area contributed by atoms with Gasteiger partial charge >= 0.3 is 19.5 Å². The van der Waals surface area contributed by atoms with Gasteiger partial charge in [0.1, 0.15) is 0 Å². The van der Waals surface area contributed by atoms with Gasteiger partial charge in [-0.05, 0) is 0 Å². The van der Waals surface area contributed by atoms with Gasteiger partial charge in [-0.1, -0.05) is 43.9 Å². The van der Waals surface area contributed by atoms with E-state index in [0.717, 1.165) is 0 Å². The van der Waals surface area contributed by atoms with Crippen molar-refractivity contribution >= 4 is 29.2 Å². The summed E-state index contributed by atoms with van der Waals surface area (Å²) >= 11 is 8.26. The van der Waals surface area contributed by atoms with E-state index in [2.05, 4.69) is 62.6 Å². The Balaban J connectivity index is 0. The van der Waals surface area contributed by atoms with Crippen molar-refractivity contribution in [3.05, 3.63) is 35.4 Å². The van der Waals surface area contributed by atoms with Crippen LogP contribution in [0.1, 0.15) is 37.8 Å². The third kappa shape index (κ3) is 10.8. The van der Waals surface area contributed by atoms with Crippen molar-refractivity contribution in [2.24, 2.45) is 5.73 Å². The molecular formula is C13H19NS2Zn. The number of aryl methyl sites for hydroxylation is 2. The molecular weight excluding hydrogens is 300 g/mol. The van der Waals surface area contributed by atoms with Crippen LogP contribution in [0.4, 0.5) is 0 Å². The van der Waals surface area contributed by atoms with Crippen LogP contribution in [-0.4, -0.2) is 4.32 Å². The molecule has 0 radical (unpaired) electrons. The van der Waals surface area contributed by atoms with Crippen LogP contribution in [0.25, 0.3) is 0 Å². The minimum Gasteiger partial charge on any atom is -0.415 e. The molecule has 0 aliphatic rings. The van der Waals surface area contributed by atoms with Gasteiger partial charge in [-0.15, -0.1) is 0 Å². The summed E-state index contributed by atoms with van der Waals surface area (Å²) in [5.74, 6) is 0. The molecule has 0 aliphatic carbocycles. The van der Waals surface area contributed by atoms with E-state index in [0.29, 0.717) is 0 Å². The average Bonchev–Trinajstić information content (AvgIpc) is 2.21. The number of nitrogens with two attached hydrogens (primary N) is 1. The summed E-state index contributed by atoms with van der Waals surface area (Å²) in [5, 5.41) is 0. The maximum Gasteiger partial charge on any atom is 2.00 e. The van der Waals surface area contributed by atoms with Gasteiger partial charge < -0.3 is 30.6 Å². The van der Waals surface area contributed by atoms with Crippen molar-refractivity contribution in [2.45, 2.75) is 39.5 Å². The van der Waals surface area contributed by atoms with E-state index in [-0.39, 0.29) is 23.8 Å². The van der Waals surface area contributed by atoms with E-state index < -0.39 is 0 Å². The Hall–Kier alpha value is -0.0466. The van der Waals surface area contributed by atoms with E-state index in [4.69, 9.17) is 0 Å². The van der Waals surface area contributed by atoms with Crippen molar-refractivity contribution < 1.29 is 19.5 Å². The van der Waals surface area contributed by atoms with Crippen LogP contribution in [-0.2, 0) is 44.9 Å². The maximum atomic E-state index is 4.66. The predicted molar refractivity (Wildman–Crippen MR) is 77.4 cm³/mol. The SMILES string of the molecule is CCCc1[c-]cccc1CCC.NC(=S)[S-].[Zn+2]. The fraction of sp³-hybridized carbons (Fsp3) is 0.462. The molecule has 0 heterocycles. The van der Waals surface area contributed by atoms with Gasteiger partial charge in [0, 0.05) is 0 Å². The Morgan fingerprint density at radius 1 is 1.35 bits per heavy atom. The second-order valence-electron chi connectivity index (χ2n) is 3.49. The largest absolute Gasteiger partial charge is 2.00 e. The number of benzene rings is 1. The molecule has 0 bridgehead atoms. The summed E-state index contributed by atoms with van der Waals surface area (Å²) < 4.78 is 0.0833. The minimum absolute atomic E-state index is 0. The average molecular weight is 319 g/mol. The van der Waals surface area contributed by atoms with E-state index in [9.17, 15) is 0 Å². The van der Waals surface area contributed by atoms with E-state index in [1.807, 2.05) is 6.07 Å². The summed E-state index contributed by atoms with van der Waals surface area (Å²) in [4.78, 5) is 0. The second kappa shape index (κ2) is 12.4. The molecule has 17 heavy (non-hydrogen) atoms. The number of rotatable bonds is 4. The van der Waals surface area contributed by atoms with Gasteiger partial charge in [0.15, 0.2) is 0 Å². The molecule has 0 aliphatic heterocycles. The van der Waals surface area contributed by atoms with Crippen LogP contribution in [0.2, 0.25) is 0 Å². The molecule has 0 spiro atoms. The zero-order valence-corrected chi connectivity index (χ0v) is 15.3. The quantitative estimate of drug-likeness (QED) is 0.400. The molecule has 0 unspecified atom stereocenters. The first kappa shape index (κ1) is 19.3. The molecule has 1 aromatic carbocycles. The first-order valence-corrected chi connectivity index (χ1v) is 6.38. The number of hydrogen-bond acceptors (Lipinski definition) is 2. The molecule has 0 aromatic heterocycles. The van der Waals surface area contributed by atoms with Crippen molar-refractivity contribution in [1.82, 2.24) is 0 Å². The molecule has 0 fully saturated rings. The Kier molecular flexibility index (Phi) is 14.1. The molecule has 90 valence electrons. The van der Waals surface area contributed by atoms with Crippen LogP contribution in [0.3, 0.4) is 0 Å². The third-order valence-corrected chi connectivity index (χ3v) is 2.06.